The van der Waals surface area contributed by atoms with E-state index in [4.69, 9.17) is 4.42 Å². The van der Waals surface area contributed by atoms with Crippen molar-refractivity contribution in [2.75, 3.05) is 6.61 Å². The van der Waals surface area contributed by atoms with Gasteiger partial charge < -0.3 is 9.52 Å². The third-order valence-electron chi connectivity index (χ3n) is 2.70. The molecule has 0 aliphatic heterocycles. The van der Waals surface area contributed by atoms with Crippen molar-refractivity contribution in [1.82, 2.24) is 10.3 Å². The van der Waals surface area contributed by atoms with Gasteiger partial charge in [-0.3, -0.25) is 10.3 Å². The number of hydrogen-bond donors (Lipinski definition) is 2. The van der Waals surface area contributed by atoms with Gasteiger partial charge in [0.05, 0.1) is 18.9 Å². The Morgan fingerprint density at radius 3 is 2.88 bits per heavy atom. The fourth-order valence-corrected chi connectivity index (χ4v) is 1.74. The van der Waals surface area contributed by atoms with Crippen LogP contribution < -0.4 is 5.32 Å². The second-order valence-corrected chi connectivity index (χ2v) is 3.93. The lowest BCUT2D eigenvalue weighted by molar-refractivity contribution is 0.217. The van der Waals surface area contributed by atoms with Gasteiger partial charge in [0.2, 0.25) is 0 Å². The normalized spacial score (nSPS) is 14.5. The van der Waals surface area contributed by atoms with E-state index < -0.39 is 0 Å². The molecule has 2 unspecified atom stereocenters. The van der Waals surface area contributed by atoms with Gasteiger partial charge in [-0.1, -0.05) is 6.07 Å². The number of aliphatic hydroxyl groups excluding tert-OH is 1. The molecular weight excluding hydrogens is 216 g/mol. The lowest BCUT2D eigenvalue weighted by Gasteiger charge is -2.20. The average molecular weight is 232 g/mol. The van der Waals surface area contributed by atoms with Crippen LogP contribution in [0.15, 0.2) is 47.3 Å². The van der Waals surface area contributed by atoms with Gasteiger partial charge in [-0.15, -0.1) is 0 Å². The maximum Gasteiger partial charge on any atom is 0.123 e. The van der Waals surface area contributed by atoms with Crippen LogP contribution in [0.4, 0.5) is 0 Å². The second kappa shape index (κ2) is 5.61. The summed E-state index contributed by atoms with van der Waals surface area (Å²) >= 11 is 0. The van der Waals surface area contributed by atoms with Crippen molar-refractivity contribution in [3.8, 4) is 0 Å². The number of hydrogen-bond acceptors (Lipinski definition) is 4. The number of rotatable bonds is 5. The molecule has 0 bridgehead atoms. The van der Waals surface area contributed by atoms with E-state index in [1.54, 1.807) is 12.5 Å². The third kappa shape index (κ3) is 2.93. The second-order valence-electron chi connectivity index (χ2n) is 3.93. The first-order valence-electron chi connectivity index (χ1n) is 5.61. The van der Waals surface area contributed by atoms with Gasteiger partial charge in [-0.05, 0) is 30.7 Å². The minimum atomic E-state index is -0.194. The molecule has 17 heavy (non-hydrogen) atoms. The molecule has 2 heterocycles. The standard InChI is InChI=1S/C13H16N2O2/c1-10(11-4-2-6-14-8-11)15-12(9-16)13-5-3-7-17-13/h2-8,10,12,15-16H,9H2,1H3. The van der Waals surface area contributed by atoms with Crippen molar-refractivity contribution in [1.29, 1.82) is 0 Å². The lowest BCUT2D eigenvalue weighted by atomic mass is 10.1. The maximum atomic E-state index is 9.36. The topological polar surface area (TPSA) is 58.3 Å². The van der Waals surface area contributed by atoms with Gasteiger partial charge in [0.15, 0.2) is 0 Å². The summed E-state index contributed by atoms with van der Waals surface area (Å²) in [6, 6.07) is 7.47. The zero-order chi connectivity index (χ0) is 12.1. The molecule has 2 rings (SSSR count). The van der Waals surface area contributed by atoms with Crippen LogP contribution in [0.3, 0.4) is 0 Å². The molecule has 2 aromatic rings. The molecule has 0 spiro atoms. The zero-order valence-electron chi connectivity index (χ0n) is 9.71. The molecule has 0 radical (unpaired) electrons. The molecular formula is C13H16N2O2. The molecule has 0 saturated carbocycles. The Balaban J connectivity index is 2.05. The summed E-state index contributed by atoms with van der Waals surface area (Å²) in [6.45, 7) is 2.03. The summed E-state index contributed by atoms with van der Waals surface area (Å²) in [4.78, 5) is 4.08. The van der Waals surface area contributed by atoms with E-state index in [0.717, 1.165) is 11.3 Å². The summed E-state index contributed by atoms with van der Waals surface area (Å²) in [5, 5.41) is 12.7. The Hall–Kier alpha value is -1.65. The first-order chi connectivity index (χ1) is 8.31. The van der Waals surface area contributed by atoms with Crippen molar-refractivity contribution in [2.45, 2.75) is 19.0 Å². The minimum absolute atomic E-state index is 0.00187. The van der Waals surface area contributed by atoms with Crippen molar-refractivity contribution in [2.24, 2.45) is 0 Å². The number of nitrogens with one attached hydrogen (secondary N) is 1. The van der Waals surface area contributed by atoms with Gasteiger partial charge in [0, 0.05) is 18.4 Å². The van der Waals surface area contributed by atoms with Gasteiger partial charge in [-0.2, -0.15) is 0 Å². The molecule has 2 atom stereocenters. The number of aliphatic hydroxyl groups is 1. The number of furan rings is 1. The molecule has 0 aliphatic rings. The van der Waals surface area contributed by atoms with Crippen LogP contribution in [-0.4, -0.2) is 16.7 Å². The Labute approximate surface area is 100 Å². The van der Waals surface area contributed by atoms with E-state index in [0.29, 0.717) is 0 Å². The van der Waals surface area contributed by atoms with E-state index >= 15 is 0 Å². The van der Waals surface area contributed by atoms with Crippen LogP contribution >= 0.6 is 0 Å². The summed E-state index contributed by atoms with van der Waals surface area (Å²) in [5.41, 5.74) is 1.08. The highest BCUT2D eigenvalue weighted by Crippen LogP contribution is 2.18. The van der Waals surface area contributed by atoms with Crippen molar-refractivity contribution < 1.29 is 9.52 Å². The molecule has 0 aromatic carbocycles. The average Bonchev–Trinajstić information content (AvgIpc) is 2.90. The molecule has 4 heteroatoms. The Kier molecular flexibility index (Phi) is 3.90. The largest absolute Gasteiger partial charge is 0.468 e. The quantitative estimate of drug-likeness (QED) is 0.828. The summed E-state index contributed by atoms with van der Waals surface area (Å²) in [5.74, 6) is 0.739. The van der Waals surface area contributed by atoms with E-state index in [9.17, 15) is 5.11 Å². The van der Waals surface area contributed by atoms with Crippen LogP contribution in [0, 0.1) is 0 Å². The van der Waals surface area contributed by atoms with E-state index in [1.165, 1.54) is 0 Å². The van der Waals surface area contributed by atoms with Crippen LogP contribution in [0.1, 0.15) is 30.3 Å². The first kappa shape index (κ1) is 11.8. The van der Waals surface area contributed by atoms with Gasteiger partial charge in [-0.25, -0.2) is 0 Å². The molecule has 90 valence electrons. The zero-order valence-corrected chi connectivity index (χ0v) is 9.71. The highest BCUT2D eigenvalue weighted by atomic mass is 16.3. The van der Waals surface area contributed by atoms with Gasteiger partial charge in [0.1, 0.15) is 5.76 Å². The first-order valence-corrected chi connectivity index (χ1v) is 5.61. The van der Waals surface area contributed by atoms with Gasteiger partial charge >= 0.3 is 0 Å². The Morgan fingerprint density at radius 1 is 1.41 bits per heavy atom. The molecule has 4 nitrogen and oxygen atoms in total. The monoisotopic (exact) mass is 232 g/mol. The Bertz CT molecular complexity index is 428. The van der Waals surface area contributed by atoms with Crippen LogP contribution in [-0.2, 0) is 0 Å². The molecule has 0 fully saturated rings. The van der Waals surface area contributed by atoms with Crippen molar-refractivity contribution >= 4 is 0 Å². The molecule has 0 amide bonds. The minimum Gasteiger partial charge on any atom is -0.468 e. The molecule has 2 aromatic heterocycles. The van der Waals surface area contributed by atoms with E-state index in [1.807, 2.05) is 37.4 Å². The van der Waals surface area contributed by atoms with Crippen LogP contribution in [0.5, 0.6) is 0 Å². The smallest absolute Gasteiger partial charge is 0.123 e. The molecule has 2 N–H and O–H groups in total. The third-order valence-corrected chi connectivity index (χ3v) is 2.70. The summed E-state index contributed by atoms with van der Waals surface area (Å²) in [7, 11) is 0. The number of nitrogens with zero attached hydrogens (tertiary/aromatic N) is 1. The Morgan fingerprint density at radius 2 is 2.29 bits per heavy atom. The SMILES string of the molecule is CC(NC(CO)c1ccco1)c1cccnc1. The highest BCUT2D eigenvalue weighted by Gasteiger charge is 2.16. The van der Waals surface area contributed by atoms with Crippen LogP contribution in [0.2, 0.25) is 0 Å². The van der Waals surface area contributed by atoms with E-state index in [-0.39, 0.29) is 18.7 Å². The lowest BCUT2D eigenvalue weighted by Crippen LogP contribution is -2.27. The number of pyridine rings is 1. The molecule has 0 aliphatic carbocycles. The van der Waals surface area contributed by atoms with E-state index in [2.05, 4.69) is 10.3 Å². The fourth-order valence-electron chi connectivity index (χ4n) is 1.74. The summed E-state index contributed by atoms with van der Waals surface area (Å²) in [6.07, 6.45) is 5.16. The fraction of sp³-hybridized carbons (Fsp3) is 0.308. The van der Waals surface area contributed by atoms with Gasteiger partial charge in [0.25, 0.3) is 0 Å². The van der Waals surface area contributed by atoms with Crippen molar-refractivity contribution in [3.63, 3.8) is 0 Å². The van der Waals surface area contributed by atoms with Crippen molar-refractivity contribution in [3.05, 3.63) is 54.2 Å². The predicted molar refractivity (Wildman–Crippen MR) is 64.3 cm³/mol. The highest BCUT2D eigenvalue weighted by molar-refractivity contribution is 5.14. The summed E-state index contributed by atoms with van der Waals surface area (Å²) < 4.78 is 5.29. The number of aromatic nitrogens is 1. The predicted octanol–water partition coefficient (Wildman–Crippen LogP) is 2.06. The van der Waals surface area contributed by atoms with Crippen LogP contribution in [0.25, 0.3) is 0 Å². The molecule has 0 saturated heterocycles. The maximum absolute atomic E-state index is 9.36.